The Morgan fingerprint density at radius 3 is 2.56 bits per heavy atom. The Morgan fingerprint density at radius 2 is 1.82 bits per heavy atom. The van der Waals surface area contributed by atoms with Gasteiger partial charge in [0.05, 0.1) is 12.5 Å². The highest BCUT2D eigenvalue weighted by atomic mass is 35.5. The van der Waals surface area contributed by atoms with E-state index >= 15 is 0 Å². The molecular weight excluding hydrogens is 530 g/mol. The van der Waals surface area contributed by atoms with Gasteiger partial charge in [-0.15, -0.1) is 12.4 Å². The zero-order valence-corrected chi connectivity index (χ0v) is 23.0. The highest BCUT2D eigenvalue weighted by Gasteiger charge is 2.36. The predicted molar refractivity (Wildman–Crippen MR) is 146 cm³/mol. The van der Waals surface area contributed by atoms with Crippen LogP contribution >= 0.6 is 12.4 Å². The lowest BCUT2D eigenvalue weighted by Gasteiger charge is -2.39. The quantitative estimate of drug-likeness (QED) is 0.431. The van der Waals surface area contributed by atoms with E-state index in [4.69, 9.17) is 9.47 Å². The Kier molecular flexibility index (Phi) is 11.9. The summed E-state index contributed by atoms with van der Waals surface area (Å²) in [7, 11) is 1.68. The van der Waals surface area contributed by atoms with Crippen LogP contribution in [0.3, 0.4) is 0 Å². The third kappa shape index (κ3) is 8.35. The topological polar surface area (TPSA) is 83.1 Å². The van der Waals surface area contributed by atoms with Gasteiger partial charge in [0, 0.05) is 76.6 Å². The van der Waals surface area contributed by atoms with Gasteiger partial charge in [-0.25, -0.2) is 8.78 Å². The van der Waals surface area contributed by atoms with Gasteiger partial charge in [0.25, 0.3) is 5.91 Å². The van der Waals surface area contributed by atoms with Crippen molar-refractivity contribution in [2.75, 3.05) is 59.6 Å². The average molecular weight is 567 g/mol. The van der Waals surface area contributed by atoms with Crippen LogP contribution < -0.4 is 15.4 Å². The zero-order valence-electron chi connectivity index (χ0n) is 22.2. The van der Waals surface area contributed by atoms with E-state index in [2.05, 4.69) is 21.6 Å². The van der Waals surface area contributed by atoms with Gasteiger partial charge >= 0.3 is 0 Å². The van der Waals surface area contributed by atoms with E-state index in [1.807, 2.05) is 23.1 Å². The number of piperazine rings is 1. The minimum atomic E-state index is -1.08. The van der Waals surface area contributed by atoms with E-state index in [-0.39, 0.29) is 29.9 Å². The van der Waals surface area contributed by atoms with Gasteiger partial charge in [0.2, 0.25) is 5.91 Å². The molecule has 214 valence electrons. The molecule has 4 rings (SSSR count). The molecule has 2 N–H and O–H groups in total. The van der Waals surface area contributed by atoms with Crippen LogP contribution in [0.5, 0.6) is 5.75 Å². The lowest BCUT2D eigenvalue weighted by molar-refractivity contribution is -0.138. The molecule has 0 aromatic heterocycles. The van der Waals surface area contributed by atoms with Crippen molar-refractivity contribution in [3.63, 3.8) is 0 Å². The smallest absolute Gasteiger partial charge is 0.251 e. The number of nitrogens with zero attached hydrogens (tertiary/aromatic N) is 2. The first-order valence-corrected chi connectivity index (χ1v) is 13.1. The molecule has 39 heavy (non-hydrogen) atoms. The van der Waals surface area contributed by atoms with Crippen molar-refractivity contribution in [3.8, 4) is 5.75 Å². The Morgan fingerprint density at radius 1 is 1.05 bits per heavy atom. The number of halogens is 3. The van der Waals surface area contributed by atoms with Gasteiger partial charge < -0.3 is 25.0 Å². The normalized spacial score (nSPS) is 19.7. The largest absolute Gasteiger partial charge is 0.493 e. The van der Waals surface area contributed by atoms with Crippen LogP contribution in [0.2, 0.25) is 0 Å². The van der Waals surface area contributed by atoms with Crippen molar-refractivity contribution < 1.29 is 27.8 Å². The average Bonchev–Trinajstić information content (AvgIpc) is 2.94. The number of ether oxygens (including phenoxy) is 2. The first kappa shape index (κ1) is 30.7. The summed E-state index contributed by atoms with van der Waals surface area (Å²) in [4.78, 5) is 30.3. The van der Waals surface area contributed by atoms with Crippen molar-refractivity contribution in [3.05, 3.63) is 65.2 Å². The number of methoxy groups -OCH3 is 1. The highest BCUT2D eigenvalue weighted by Crippen LogP contribution is 2.22. The highest BCUT2D eigenvalue weighted by molar-refractivity contribution is 5.95. The van der Waals surface area contributed by atoms with E-state index in [1.54, 1.807) is 7.11 Å². The fraction of sp³-hybridized carbons (Fsp3) is 0.500. The van der Waals surface area contributed by atoms with E-state index in [1.165, 1.54) is 6.07 Å². The molecule has 2 heterocycles. The van der Waals surface area contributed by atoms with Crippen LogP contribution in [0.15, 0.2) is 42.5 Å². The number of amides is 2. The molecule has 2 aromatic carbocycles. The standard InChI is InChI=1S/C28H36F2N4O4.ClH/c1-37-15-4-16-38-26-6-3-2-5-21(26)19-33-11-13-34(14-12-33)28(36)22-18-31-10-9-25(22)32-27(35)20-7-8-23(29)24(30)17-20;/h2-3,5-8,17,22,25,31H,4,9-16,18-19H2,1H3,(H,32,35);1H. The molecule has 2 aliphatic rings. The second kappa shape index (κ2) is 15.1. The van der Waals surface area contributed by atoms with Gasteiger partial charge in [-0.1, -0.05) is 18.2 Å². The number of para-hydroxylation sites is 1. The number of hydrogen-bond donors (Lipinski definition) is 2. The molecule has 2 unspecified atom stereocenters. The molecule has 8 nitrogen and oxygen atoms in total. The maximum atomic E-state index is 13.6. The molecule has 2 amide bonds. The van der Waals surface area contributed by atoms with Crippen molar-refractivity contribution >= 4 is 24.2 Å². The molecule has 2 aromatic rings. The summed E-state index contributed by atoms with van der Waals surface area (Å²) >= 11 is 0. The van der Waals surface area contributed by atoms with Crippen LogP contribution in [0.4, 0.5) is 8.78 Å². The van der Waals surface area contributed by atoms with Crippen molar-refractivity contribution in [2.45, 2.75) is 25.4 Å². The van der Waals surface area contributed by atoms with Crippen LogP contribution in [0.1, 0.15) is 28.8 Å². The maximum absolute atomic E-state index is 13.6. The molecule has 0 spiro atoms. The summed E-state index contributed by atoms with van der Waals surface area (Å²) in [6, 6.07) is 10.7. The number of benzene rings is 2. The molecular formula is C28H37ClF2N4O4. The van der Waals surface area contributed by atoms with Crippen molar-refractivity contribution in [1.29, 1.82) is 0 Å². The predicted octanol–water partition coefficient (Wildman–Crippen LogP) is 2.85. The van der Waals surface area contributed by atoms with Crippen LogP contribution in [-0.2, 0) is 16.1 Å². The van der Waals surface area contributed by atoms with Gasteiger partial charge in [-0.2, -0.15) is 0 Å². The number of rotatable bonds is 10. The molecule has 0 saturated carbocycles. The van der Waals surface area contributed by atoms with Crippen LogP contribution in [0, 0.1) is 17.6 Å². The first-order valence-electron chi connectivity index (χ1n) is 13.1. The summed E-state index contributed by atoms with van der Waals surface area (Å²) in [6.07, 6.45) is 1.40. The monoisotopic (exact) mass is 566 g/mol. The molecule has 0 radical (unpaired) electrons. The molecule has 2 fully saturated rings. The van der Waals surface area contributed by atoms with Crippen molar-refractivity contribution in [2.24, 2.45) is 5.92 Å². The van der Waals surface area contributed by atoms with Gasteiger partial charge in [0.15, 0.2) is 11.6 Å². The number of nitrogens with one attached hydrogen (secondary N) is 2. The fourth-order valence-corrected chi connectivity index (χ4v) is 4.94. The number of hydrogen-bond acceptors (Lipinski definition) is 6. The minimum absolute atomic E-state index is 0. The summed E-state index contributed by atoms with van der Waals surface area (Å²) in [6.45, 7) is 5.75. The summed E-state index contributed by atoms with van der Waals surface area (Å²) in [5.74, 6) is -2.15. The fourth-order valence-electron chi connectivity index (χ4n) is 4.94. The van der Waals surface area contributed by atoms with E-state index in [0.29, 0.717) is 45.8 Å². The van der Waals surface area contributed by atoms with Crippen molar-refractivity contribution in [1.82, 2.24) is 20.4 Å². The number of carbonyl (C=O) groups is 2. The van der Waals surface area contributed by atoms with Crippen LogP contribution in [-0.4, -0.2) is 87.2 Å². The summed E-state index contributed by atoms with van der Waals surface area (Å²) in [5.41, 5.74) is 1.14. The Labute approximate surface area is 234 Å². The molecule has 2 atom stereocenters. The maximum Gasteiger partial charge on any atom is 0.251 e. The Hall–Kier alpha value is -2.79. The molecule has 0 aliphatic carbocycles. The third-order valence-electron chi connectivity index (χ3n) is 7.10. The van der Waals surface area contributed by atoms with Crippen LogP contribution in [0.25, 0.3) is 0 Å². The molecule has 0 bridgehead atoms. The first-order chi connectivity index (χ1) is 18.5. The lowest BCUT2D eigenvalue weighted by atomic mass is 9.91. The van der Waals surface area contributed by atoms with Gasteiger partial charge in [-0.05, 0) is 37.2 Å². The Balaban J connectivity index is 0.00000420. The van der Waals surface area contributed by atoms with Gasteiger partial charge in [0.1, 0.15) is 5.75 Å². The SMILES string of the molecule is COCCCOc1ccccc1CN1CCN(C(=O)C2CNCCC2NC(=O)c2ccc(F)c(F)c2)CC1.Cl. The Bertz CT molecular complexity index is 1100. The zero-order chi connectivity index (χ0) is 26.9. The van der Waals surface area contributed by atoms with E-state index in [0.717, 1.165) is 49.5 Å². The summed E-state index contributed by atoms with van der Waals surface area (Å²) < 4.78 is 37.9. The second-order valence-electron chi connectivity index (χ2n) is 9.71. The lowest BCUT2D eigenvalue weighted by Crippen LogP contribution is -2.58. The van der Waals surface area contributed by atoms with Gasteiger partial charge in [-0.3, -0.25) is 14.5 Å². The second-order valence-corrected chi connectivity index (χ2v) is 9.71. The number of piperidine rings is 1. The number of carbonyl (C=O) groups excluding carboxylic acids is 2. The molecule has 2 aliphatic heterocycles. The van der Waals surface area contributed by atoms with E-state index in [9.17, 15) is 18.4 Å². The molecule has 2 saturated heterocycles. The van der Waals surface area contributed by atoms with E-state index < -0.39 is 23.5 Å². The third-order valence-corrected chi connectivity index (χ3v) is 7.10. The summed E-state index contributed by atoms with van der Waals surface area (Å²) in [5, 5.41) is 6.12. The minimum Gasteiger partial charge on any atom is -0.493 e. The molecule has 11 heteroatoms.